The first-order valence-corrected chi connectivity index (χ1v) is 14.5. The van der Waals surface area contributed by atoms with E-state index in [0.717, 1.165) is 40.3 Å². The van der Waals surface area contributed by atoms with Crippen LogP contribution in [0.25, 0.3) is 0 Å². The Bertz CT molecular complexity index is 1500. The summed E-state index contributed by atoms with van der Waals surface area (Å²) in [6, 6.07) is 23.0. The van der Waals surface area contributed by atoms with Crippen molar-refractivity contribution >= 4 is 57.7 Å². The van der Waals surface area contributed by atoms with Crippen LogP contribution in [0.5, 0.6) is 5.75 Å². The van der Waals surface area contributed by atoms with Crippen LogP contribution in [-0.4, -0.2) is 36.6 Å². The zero-order valence-electron chi connectivity index (χ0n) is 23.9. The molecule has 0 saturated carbocycles. The molecule has 1 aliphatic carbocycles. The minimum Gasteiger partial charge on any atom is -0.484 e. The molecule has 10 heteroatoms. The van der Waals surface area contributed by atoms with Gasteiger partial charge in [0.1, 0.15) is 5.75 Å². The van der Waals surface area contributed by atoms with Crippen LogP contribution < -0.4 is 30.7 Å². The first-order chi connectivity index (χ1) is 20.1. The van der Waals surface area contributed by atoms with E-state index in [9.17, 15) is 9.59 Å². The van der Waals surface area contributed by atoms with Crippen LogP contribution in [0.3, 0.4) is 0 Å². The molecule has 0 fully saturated rings. The van der Waals surface area contributed by atoms with Gasteiger partial charge in [-0.3, -0.25) is 20.4 Å². The summed E-state index contributed by atoms with van der Waals surface area (Å²) < 4.78 is 5.68. The van der Waals surface area contributed by atoms with Crippen LogP contribution in [0.2, 0.25) is 5.02 Å². The van der Waals surface area contributed by atoms with Gasteiger partial charge in [0.2, 0.25) is 0 Å². The van der Waals surface area contributed by atoms with E-state index in [1.165, 1.54) is 0 Å². The third-order valence-corrected chi connectivity index (χ3v) is 7.75. The van der Waals surface area contributed by atoms with Gasteiger partial charge < -0.3 is 19.9 Å². The smallest absolute Gasteiger partial charge is 0.276 e. The van der Waals surface area contributed by atoms with Crippen molar-refractivity contribution in [2.24, 2.45) is 5.41 Å². The molecule has 0 atom stereocenters. The zero-order chi connectivity index (χ0) is 29.9. The second-order valence-electron chi connectivity index (χ2n) is 11.4. The topological polar surface area (TPSA) is 85.9 Å². The summed E-state index contributed by atoms with van der Waals surface area (Å²) in [5, 5.41) is 3.94. The molecule has 1 heterocycles. The van der Waals surface area contributed by atoms with Crippen LogP contribution >= 0.6 is 23.8 Å². The molecule has 0 bridgehead atoms. The number of allylic oxidation sites excluding steroid dienone is 1. The SMILES string of the molecule is Cc1ccc(NC(=S)NNC(=O)COc2ccc(N3CC4=C(CC(C)(C)CC4=O)N(c4ccc(Cl)cc4)C3)cc2)cc1. The van der Waals surface area contributed by atoms with E-state index in [4.69, 9.17) is 28.6 Å². The maximum Gasteiger partial charge on any atom is 0.276 e. The van der Waals surface area contributed by atoms with Crippen molar-refractivity contribution in [1.29, 1.82) is 0 Å². The maximum absolute atomic E-state index is 13.2. The molecule has 3 aromatic carbocycles. The maximum atomic E-state index is 13.2. The monoisotopic (exact) mass is 603 g/mol. The zero-order valence-corrected chi connectivity index (χ0v) is 25.4. The van der Waals surface area contributed by atoms with Crippen molar-refractivity contribution in [2.45, 2.75) is 33.6 Å². The number of Topliss-reactive ketones (excluding diaryl/α,β-unsaturated/α-hetero) is 1. The number of thiocarbonyl (C=S) groups is 1. The molecule has 0 saturated heterocycles. The first-order valence-electron chi connectivity index (χ1n) is 13.7. The van der Waals surface area contributed by atoms with Crippen LogP contribution in [0.15, 0.2) is 84.1 Å². The number of carbonyl (C=O) groups excluding carboxylic acids is 2. The van der Waals surface area contributed by atoms with Gasteiger partial charge >= 0.3 is 0 Å². The fraction of sp³-hybridized carbons (Fsp3) is 0.281. The Hall–Kier alpha value is -4.08. The molecule has 1 aliphatic heterocycles. The predicted octanol–water partition coefficient (Wildman–Crippen LogP) is 5.97. The lowest BCUT2D eigenvalue weighted by Gasteiger charge is -2.45. The van der Waals surface area contributed by atoms with Crippen LogP contribution in [0, 0.1) is 12.3 Å². The number of benzene rings is 3. The number of ketones is 1. The van der Waals surface area contributed by atoms with Crippen LogP contribution in [0.1, 0.15) is 32.3 Å². The average Bonchev–Trinajstić information content (AvgIpc) is 2.96. The Balaban J connectivity index is 1.20. The largest absolute Gasteiger partial charge is 0.484 e. The number of anilines is 3. The summed E-state index contributed by atoms with van der Waals surface area (Å²) >= 11 is 11.4. The third-order valence-electron chi connectivity index (χ3n) is 7.29. The fourth-order valence-electron chi connectivity index (χ4n) is 5.15. The van der Waals surface area contributed by atoms with Gasteiger partial charge in [0, 0.05) is 46.3 Å². The summed E-state index contributed by atoms with van der Waals surface area (Å²) in [6.45, 7) is 7.24. The lowest BCUT2D eigenvalue weighted by atomic mass is 9.74. The molecule has 3 aromatic rings. The van der Waals surface area contributed by atoms with Crippen molar-refractivity contribution in [1.82, 2.24) is 10.9 Å². The first kappa shape index (κ1) is 29.4. The molecule has 42 heavy (non-hydrogen) atoms. The van der Waals surface area contributed by atoms with Crippen molar-refractivity contribution in [3.05, 3.63) is 94.7 Å². The molecule has 1 amide bonds. The number of hydrazine groups is 1. The predicted molar refractivity (Wildman–Crippen MR) is 172 cm³/mol. The van der Waals surface area contributed by atoms with E-state index in [0.29, 0.717) is 30.4 Å². The average molecular weight is 604 g/mol. The Kier molecular flexibility index (Phi) is 8.70. The summed E-state index contributed by atoms with van der Waals surface area (Å²) in [5.41, 5.74) is 11.0. The molecule has 0 radical (unpaired) electrons. The normalized spacial score (nSPS) is 16.0. The quantitative estimate of drug-likeness (QED) is 0.235. The molecular formula is C32H34ClN5O3S. The minimum absolute atomic E-state index is 0.0912. The highest BCUT2D eigenvalue weighted by Gasteiger charge is 2.39. The summed E-state index contributed by atoms with van der Waals surface area (Å²) in [6.07, 6.45) is 1.37. The van der Waals surface area contributed by atoms with Gasteiger partial charge in [-0.1, -0.05) is 43.1 Å². The van der Waals surface area contributed by atoms with Gasteiger partial charge in [-0.25, -0.2) is 0 Å². The van der Waals surface area contributed by atoms with E-state index < -0.39 is 0 Å². The van der Waals surface area contributed by atoms with Gasteiger partial charge in [-0.2, -0.15) is 0 Å². The van der Waals surface area contributed by atoms with Gasteiger partial charge in [0.15, 0.2) is 17.5 Å². The molecular weight excluding hydrogens is 570 g/mol. The van der Waals surface area contributed by atoms with Crippen molar-refractivity contribution in [2.75, 3.05) is 34.9 Å². The Labute approximate surface area is 256 Å². The molecule has 0 spiro atoms. The Morgan fingerprint density at radius 3 is 2.31 bits per heavy atom. The van der Waals surface area contributed by atoms with E-state index in [2.05, 4.69) is 39.8 Å². The summed E-state index contributed by atoms with van der Waals surface area (Å²) in [4.78, 5) is 29.9. The van der Waals surface area contributed by atoms with E-state index in [1.807, 2.05) is 79.7 Å². The number of halogens is 1. The molecule has 2 aliphatic rings. The van der Waals surface area contributed by atoms with Gasteiger partial charge in [0.25, 0.3) is 5.91 Å². The summed E-state index contributed by atoms with van der Waals surface area (Å²) in [5.74, 6) is 0.370. The third kappa shape index (κ3) is 7.21. The van der Waals surface area contributed by atoms with Crippen LogP contribution in [0.4, 0.5) is 17.1 Å². The second kappa shape index (κ2) is 12.4. The fourth-order valence-corrected chi connectivity index (χ4v) is 5.45. The lowest BCUT2D eigenvalue weighted by Crippen LogP contribution is -2.48. The summed E-state index contributed by atoms with van der Waals surface area (Å²) in [7, 11) is 0. The minimum atomic E-state index is -0.375. The number of hydrogen-bond donors (Lipinski definition) is 3. The number of hydrogen-bond acceptors (Lipinski definition) is 6. The number of ether oxygens (including phenoxy) is 1. The molecule has 0 unspecified atom stereocenters. The number of aryl methyl sites for hydroxylation is 1. The number of carbonyl (C=O) groups is 2. The van der Waals surface area contributed by atoms with Crippen molar-refractivity contribution in [3.63, 3.8) is 0 Å². The van der Waals surface area contributed by atoms with E-state index >= 15 is 0 Å². The lowest BCUT2D eigenvalue weighted by molar-refractivity contribution is -0.123. The van der Waals surface area contributed by atoms with Gasteiger partial charge in [-0.15, -0.1) is 0 Å². The molecule has 3 N–H and O–H groups in total. The molecule has 5 rings (SSSR count). The highest BCUT2D eigenvalue weighted by Crippen LogP contribution is 2.42. The molecule has 0 aromatic heterocycles. The van der Waals surface area contributed by atoms with Gasteiger partial charge in [0.05, 0.1) is 6.67 Å². The van der Waals surface area contributed by atoms with Gasteiger partial charge in [-0.05, 0) is 91.6 Å². The Morgan fingerprint density at radius 2 is 1.62 bits per heavy atom. The highest BCUT2D eigenvalue weighted by molar-refractivity contribution is 7.80. The van der Waals surface area contributed by atoms with Crippen LogP contribution in [-0.2, 0) is 9.59 Å². The van der Waals surface area contributed by atoms with Crippen molar-refractivity contribution in [3.8, 4) is 5.75 Å². The number of amides is 1. The standard InChI is InChI=1S/C32H34ClN5O3S/c1-21-4-8-23(9-5-21)34-31(42)36-35-30(40)19-41-26-14-12-24(13-15-26)37-18-27-28(16-32(2,3)17-29(27)39)38(20-37)25-10-6-22(33)7-11-25/h4-15H,16-20H2,1-3H3,(H,35,40)(H2,34,36,42). The number of nitrogens with zero attached hydrogens (tertiary/aromatic N) is 2. The van der Waals surface area contributed by atoms with E-state index in [1.54, 1.807) is 0 Å². The van der Waals surface area contributed by atoms with Crippen molar-refractivity contribution < 1.29 is 14.3 Å². The Morgan fingerprint density at radius 1 is 0.952 bits per heavy atom. The number of nitrogens with one attached hydrogen (secondary N) is 3. The molecule has 218 valence electrons. The number of rotatable bonds is 6. The highest BCUT2D eigenvalue weighted by atomic mass is 35.5. The van der Waals surface area contributed by atoms with E-state index in [-0.39, 0.29) is 28.8 Å². The second-order valence-corrected chi connectivity index (χ2v) is 12.2. The molecule has 8 nitrogen and oxygen atoms in total.